The summed E-state index contributed by atoms with van der Waals surface area (Å²) in [4.78, 5) is 9.47. The summed E-state index contributed by atoms with van der Waals surface area (Å²) in [6.45, 7) is 1.50. The van der Waals surface area contributed by atoms with Crippen LogP contribution in [0.3, 0.4) is 0 Å². The van der Waals surface area contributed by atoms with E-state index in [1.165, 1.54) is 19.1 Å². The molecule has 0 aliphatic heterocycles. The van der Waals surface area contributed by atoms with E-state index >= 15 is 0 Å². The lowest BCUT2D eigenvalue weighted by molar-refractivity contribution is -0.133. The Balaban J connectivity index is 3.12. The van der Waals surface area contributed by atoms with Crippen LogP contribution in [0.25, 0.3) is 0 Å². The Kier molecular flexibility index (Phi) is 2.71. The summed E-state index contributed by atoms with van der Waals surface area (Å²) in [6.07, 6.45) is 1.36. The first kappa shape index (κ1) is 10.6. The molecule has 0 fully saturated rings. The molecule has 3 nitrogen and oxygen atoms in total. The van der Waals surface area contributed by atoms with Gasteiger partial charge < -0.3 is 10.2 Å². The zero-order valence-electron chi connectivity index (χ0n) is 6.79. The van der Waals surface area contributed by atoms with Gasteiger partial charge in [-0.05, 0) is 19.1 Å². The largest absolute Gasteiger partial charge is 0.478 e. The number of hydrogen-bond donors (Lipinski definition) is 2. The molecular formula is C8H8Cl2O3. The van der Waals surface area contributed by atoms with Gasteiger partial charge in [-0.15, -0.1) is 11.6 Å². The third-order valence-electron chi connectivity index (χ3n) is 1.79. The molecule has 0 bridgehead atoms. The minimum absolute atomic E-state index is 0.190. The predicted molar refractivity (Wildman–Crippen MR) is 49.9 cm³/mol. The van der Waals surface area contributed by atoms with Crippen molar-refractivity contribution in [1.82, 2.24) is 0 Å². The van der Waals surface area contributed by atoms with Crippen LogP contribution in [-0.2, 0) is 4.79 Å². The van der Waals surface area contributed by atoms with E-state index in [0.29, 0.717) is 0 Å². The van der Waals surface area contributed by atoms with Crippen LogP contribution in [0, 0.1) is 0 Å². The summed E-state index contributed by atoms with van der Waals surface area (Å²) in [5.74, 6) is -1.22. The van der Waals surface area contributed by atoms with Crippen molar-refractivity contribution in [3.8, 4) is 0 Å². The summed E-state index contributed by atoms with van der Waals surface area (Å²) in [5, 5.41) is 18.4. The number of aliphatic carboxylic acids is 1. The first-order chi connectivity index (χ1) is 5.84. The number of halogens is 2. The van der Waals surface area contributed by atoms with Crippen molar-refractivity contribution in [1.29, 1.82) is 0 Å². The van der Waals surface area contributed by atoms with Crippen molar-refractivity contribution in [3.63, 3.8) is 0 Å². The molecule has 0 saturated heterocycles. The van der Waals surface area contributed by atoms with Crippen molar-refractivity contribution < 1.29 is 15.0 Å². The van der Waals surface area contributed by atoms with Gasteiger partial charge in [-0.3, -0.25) is 0 Å². The van der Waals surface area contributed by atoms with Crippen molar-refractivity contribution in [3.05, 3.63) is 22.8 Å². The van der Waals surface area contributed by atoms with Gasteiger partial charge in [0.15, 0.2) is 0 Å². The molecule has 13 heavy (non-hydrogen) atoms. The molecule has 0 spiro atoms. The lowest BCUT2D eigenvalue weighted by atomic mass is 9.91. The smallest absolute Gasteiger partial charge is 0.334 e. The highest BCUT2D eigenvalue weighted by molar-refractivity contribution is 6.34. The predicted octanol–water partition coefficient (Wildman–Crippen LogP) is 1.49. The number of hydrogen-bond acceptors (Lipinski definition) is 2. The fraction of sp³-hybridized carbons (Fsp3) is 0.375. The molecule has 1 aliphatic carbocycles. The lowest BCUT2D eigenvalue weighted by Gasteiger charge is -2.28. The number of carbonyl (C=O) groups is 1. The standard InChI is InChI=1S/C8H8Cl2O3/c1-8(10)3-4(9)2-5(6(8)11)7(12)13/h2-3,6,11H,1H3,(H,12,13). The highest BCUT2D eigenvalue weighted by atomic mass is 35.5. The van der Waals surface area contributed by atoms with Crippen molar-refractivity contribution in [2.24, 2.45) is 0 Å². The Morgan fingerprint density at radius 3 is 2.69 bits per heavy atom. The van der Waals surface area contributed by atoms with E-state index in [4.69, 9.17) is 28.3 Å². The minimum atomic E-state index is -1.24. The summed E-state index contributed by atoms with van der Waals surface area (Å²) in [6, 6.07) is 0. The van der Waals surface area contributed by atoms with E-state index in [2.05, 4.69) is 0 Å². The third kappa shape index (κ3) is 2.05. The molecule has 0 amide bonds. The van der Waals surface area contributed by atoms with E-state index in [0.717, 1.165) is 0 Å². The van der Waals surface area contributed by atoms with Crippen molar-refractivity contribution in [2.45, 2.75) is 17.9 Å². The second kappa shape index (κ2) is 3.33. The Morgan fingerprint density at radius 2 is 2.23 bits per heavy atom. The van der Waals surface area contributed by atoms with Gasteiger partial charge in [0.25, 0.3) is 0 Å². The molecule has 0 aromatic heterocycles. The molecule has 1 rings (SSSR count). The van der Waals surface area contributed by atoms with Crippen molar-refractivity contribution >= 4 is 29.2 Å². The maximum atomic E-state index is 10.6. The van der Waals surface area contributed by atoms with Crippen LogP contribution in [0.1, 0.15) is 6.92 Å². The van der Waals surface area contributed by atoms with Crippen LogP contribution >= 0.6 is 23.2 Å². The summed E-state index contributed by atoms with van der Waals surface area (Å²) in [7, 11) is 0. The number of rotatable bonds is 1. The van der Waals surface area contributed by atoms with Gasteiger partial charge in [-0.25, -0.2) is 4.79 Å². The van der Waals surface area contributed by atoms with Crippen LogP contribution < -0.4 is 0 Å². The fourth-order valence-electron chi connectivity index (χ4n) is 1.10. The second-order valence-corrected chi connectivity index (χ2v) is 4.24. The maximum Gasteiger partial charge on any atom is 0.334 e. The average molecular weight is 223 g/mol. The minimum Gasteiger partial charge on any atom is -0.478 e. The molecule has 1 aliphatic rings. The van der Waals surface area contributed by atoms with Gasteiger partial charge in [-0.1, -0.05) is 11.6 Å². The first-order valence-corrected chi connectivity index (χ1v) is 4.30. The van der Waals surface area contributed by atoms with Crippen LogP contribution in [0.2, 0.25) is 0 Å². The normalized spacial score (nSPS) is 33.7. The van der Waals surface area contributed by atoms with Crippen LogP contribution in [0.15, 0.2) is 22.8 Å². The van der Waals surface area contributed by atoms with Gasteiger partial charge in [0, 0.05) is 5.03 Å². The summed E-state index contributed by atoms with van der Waals surface area (Å²) in [5.41, 5.74) is -0.190. The monoisotopic (exact) mass is 222 g/mol. The van der Waals surface area contributed by atoms with Crippen LogP contribution in [0.5, 0.6) is 0 Å². The topological polar surface area (TPSA) is 57.5 Å². The van der Waals surface area contributed by atoms with E-state index < -0.39 is 16.9 Å². The lowest BCUT2D eigenvalue weighted by Crippen LogP contribution is -2.38. The number of allylic oxidation sites excluding steroid dienone is 2. The quantitative estimate of drug-likeness (QED) is 0.662. The SMILES string of the molecule is CC1(Cl)C=C(Cl)C=C(C(=O)O)C1O. The molecular weight excluding hydrogens is 215 g/mol. The van der Waals surface area contributed by atoms with E-state index in [1.54, 1.807) is 0 Å². The average Bonchev–Trinajstić information content (AvgIpc) is 1.95. The van der Waals surface area contributed by atoms with Gasteiger partial charge in [0.2, 0.25) is 0 Å². The van der Waals surface area contributed by atoms with Crippen molar-refractivity contribution in [2.75, 3.05) is 0 Å². The number of carboxylic acids is 1. The number of aliphatic hydroxyl groups is 1. The Morgan fingerprint density at radius 1 is 1.69 bits per heavy atom. The Hall–Kier alpha value is -0.510. The van der Waals surface area contributed by atoms with E-state index in [1.807, 2.05) is 0 Å². The third-order valence-corrected chi connectivity index (χ3v) is 2.32. The Labute approximate surface area is 85.3 Å². The van der Waals surface area contributed by atoms with Gasteiger partial charge in [0.1, 0.15) is 6.10 Å². The van der Waals surface area contributed by atoms with Gasteiger partial charge in [-0.2, -0.15) is 0 Å². The summed E-state index contributed by atoms with van der Waals surface area (Å²) >= 11 is 11.5. The number of carboxylic acid groups (broad SMARTS) is 1. The molecule has 0 aromatic rings. The van der Waals surface area contributed by atoms with E-state index in [9.17, 15) is 9.90 Å². The molecule has 2 atom stereocenters. The fourth-order valence-corrected chi connectivity index (χ4v) is 1.74. The molecule has 0 radical (unpaired) electrons. The van der Waals surface area contributed by atoms with Gasteiger partial charge >= 0.3 is 5.97 Å². The molecule has 2 N–H and O–H groups in total. The first-order valence-electron chi connectivity index (χ1n) is 3.55. The summed E-state index contributed by atoms with van der Waals surface area (Å²) < 4.78 is 0. The zero-order chi connectivity index (χ0) is 10.2. The molecule has 5 heteroatoms. The number of alkyl halides is 1. The molecule has 72 valence electrons. The van der Waals surface area contributed by atoms with Crippen LogP contribution in [-0.4, -0.2) is 27.2 Å². The van der Waals surface area contributed by atoms with E-state index in [-0.39, 0.29) is 10.6 Å². The molecule has 0 heterocycles. The van der Waals surface area contributed by atoms with Gasteiger partial charge in [0.05, 0.1) is 10.4 Å². The molecule has 2 unspecified atom stereocenters. The molecule has 0 saturated carbocycles. The maximum absolute atomic E-state index is 10.6. The zero-order valence-corrected chi connectivity index (χ0v) is 8.30. The van der Waals surface area contributed by atoms with Crippen LogP contribution in [0.4, 0.5) is 0 Å². The highest BCUT2D eigenvalue weighted by Gasteiger charge is 2.37. The number of aliphatic hydroxyl groups excluding tert-OH is 1. The second-order valence-electron chi connectivity index (χ2n) is 2.99. The highest BCUT2D eigenvalue weighted by Crippen LogP contribution is 2.33. The Bertz CT molecular complexity index is 305. The molecule has 0 aromatic carbocycles.